The molecule has 2 rings (SSSR count). The van der Waals surface area contributed by atoms with E-state index in [9.17, 15) is 0 Å². The average Bonchev–Trinajstić information content (AvgIpc) is 2.81. The number of anilines is 2. The first-order valence-corrected chi connectivity index (χ1v) is 6.96. The minimum absolute atomic E-state index is 0.411. The summed E-state index contributed by atoms with van der Waals surface area (Å²) in [6.07, 6.45) is 0. The Bertz CT molecular complexity index is 545. The van der Waals surface area contributed by atoms with Crippen molar-refractivity contribution in [3.63, 3.8) is 0 Å². The lowest BCUT2D eigenvalue weighted by Gasteiger charge is -2.07. The lowest BCUT2D eigenvalue weighted by Crippen LogP contribution is -2.11. The quantitative estimate of drug-likeness (QED) is 0.883. The molecule has 0 aliphatic rings. The van der Waals surface area contributed by atoms with Crippen LogP contribution in [0.25, 0.3) is 0 Å². The van der Waals surface area contributed by atoms with Gasteiger partial charge in [0.2, 0.25) is 5.89 Å². The second-order valence-electron chi connectivity index (χ2n) is 4.33. The number of nitrogens with one attached hydrogen (secondary N) is 2. The van der Waals surface area contributed by atoms with Gasteiger partial charge in [-0.25, -0.2) is 0 Å². The molecule has 0 saturated heterocycles. The van der Waals surface area contributed by atoms with Crippen molar-refractivity contribution in [1.29, 1.82) is 0 Å². The number of halogens is 1. The van der Waals surface area contributed by atoms with Crippen LogP contribution in [0.2, 0.25) is 0 Å². The van der Waals surface area contributed by atoms with E-state index >= 15 is 0 Å². The summed E-state index contributed by atoms with van der Waals surface area (Å²) in [6, 6.07) is 4.48. The molecule has 2 N–H and O–H groups in total. The first-order chi connectivity index (χ1) is 9.10. The fourth-order valence-electron chi connectivity index (χ4n) is 1.75. The zero-order valence-corrected chi connectivity index (χ0v) is 12.8. The number of benzene rings is 1. The zero-order valence-electron chi connectivity index (χ0n) is 11.2. The van der Waals surface area contributed by atoms with Crippen molar-refractivity contribution in [3.8, 4) is 0 Å². The lowest BCUT2D eigenvalue weighted by atomic mass is 10.1. The van der Waals surface area contributed by atoms with E-state index in [0.717, 1.165) is 27.8 Å². The molecule has 2 aromatic rings. The minimum atomic E-state index is 0.411. The maximum atomic E-state index is 5.49. The second-order valence-corrected chi connectivity index (χ2v) is 5.12. The lowest BCUT2D eigenvalue weighted by molar-refractivity contribution is 0.484. The van der Waals surface area contributed by atoms with E-state index in [2.05, 4.69) is 36.8 Å². The Kier molecular flexibility index (Phi) is 4.55. The molecular weight excluding hydrogens is 308 g/mol. The molecule has 0 bridgehead atoms. The van der Waals surface area contributed by atoms with Crippen molar-refractivity contribution in [2.45, 2.75) is 27.3 Å². The predicted octanol–water partition coefficient (Wildman–Crippen LogP) is 3.30. The number of rotatable bonds is 5. The molecule has 1 heterocycles. The number of hydrogen-bond acceptors (Lipinski definition) is 5. The monoisotopic (exact) mass is 324 g/mol. The Balaban J connectivity index is 2.10. The zero-order chi connectivity index (χ0) is 13.8. The van der Waals surface area contributed by atoms with Crippen molar-refractivity contribution in [1.82, 2.24) is 15.5 Å². The number of aryl methyl sites for hydroxylation is 2. The van der Waals surface area contributed by atoms with Gasteiger partial charge in [0.25, 0.3) is 0 Å². The third kappa shape index (κ3) is 3.54. The van der Waals surface area contributed by atoms with Gasteiger partial charge in [-0.05, 0) is 43.7 Å². The van der Waals surface area contributed by atoms with E-state index < -0.39 is 0 Å². The molecule has 102 valence electrons. The molecule has 6 heteroatoms. The first kappa shape index (κ1) is 14.0. The molecular formula is C13H17BrN4O. The van der Waals surface area contributed by atoms with Crippen LogP contribution in [0, 0.1) is 13.8 Å². The van der Waals surface area contributed by atoms with Crippen molar-refractivity contribution in [3.05, 3.63) is 33.6 Å². The minimum Gasteiger partial charge on any atom is -0.406 e. The van der Waals surface area contributed by atoms with E-state index in [1.54, 1.807) is 0 Å². The maximum absolute atomic E-state index is 5.49. The van der Waals surface area contributed by atoms with Gasteiger partial charge in [-0.1, -0.05) is 28.0 Å². The fraction of sp³-hybridized carbons (Fsp3) is 0.385. The molecule has 0 spiro atoms. The summed E-state index contributed by atoms with van der Waals surface area (Å²) in [7, 11) is 0. The van der Waals surface area contributed by atoms with Crippen molar-refractivity contribution in [2.24, 2.45) is 0 Å². The highest BCUT2D eigenvalue weighted by Crippen LogP contribution is 2.26. The van der Waals surface area contributed by atoms with Crippen LogP contribution in [0.15, 0.2) is 21.0 Å². The van der Waals surface area contributed by atoms with Crippen LogP contribution in [-0.4, -0.2) is 16.7 Å². The summed E-state index contributed by atoms with van der Waals surface area (Å²) < 4.78 is 6.61. The third-order valence-corrected chi connectivity index (χ3v) is 3.93. The molecule has 1 aromatic heterocycles. The van der Waals surface area contributed by atoms with E-state index in [1.165, 1.54) is 0 Å². The van der Waals surface area contributed by atoms with Crippen molar-refractivity contribution < 1.29 is 4.42 Å². The fourth-order valence-corrected chi connectivity index (χ4v) is 1.98. The van der Waals surface area contributed by atoms with Crippen molar-refractivity contribution >= 4 is 27.6 Å². The second kappa shape index (κ2) is 6.16. The van der Waals surface area contributed by atoms with Crippen LogP contribution < -0.4 is 10.6 Å². The van der Waals surface area contributed by atoms with E-state index in [0.29, 0.717) is 18.5 Å². The molecule has 5 nitrogen and oxygen atoms in total. The predicted molar refractivity (Wildman–Crippen MR) is 78.6 cm³/mol. The van der Waals surface area contributed by atoms with Crippen LogP contribution >= 0.6 is 15.9 Å². The molecule has 0 unspecified atom stereocenters. The van der Waals surface area contributed by atoms with E-state index in [4.69, 9.17) is 4.42 Å². The highest BCUT2D eigenvalue weighted by atomic mass is 79.9. The highest BCUT2D eigenvalue weighted by Gasteiger charge is 2.07. The Labute approximate surface area is 120 Å². The third-order valence-electron chi connectivity index (χ3n) is 2.68. The summed E-state index contributed by atoms with van der Waals surface area (Å²) >= 11 is 3.54. The van der Waals surface area contributed by atoms with Crippen LogP contribution in [0.5, 0.6) is 0 Å². The molecule has 0 aliphatic carbocycles. The van der Waals surface area contributed by atoms with Gasteiger partial charge < -0.3 is 15.1 Å². The molecule has 0 fully saturated rings. The summed E-state index contributed by atoms with van der Waals surface area (Å²) in [5.41, 5.74) is 3.27. The van der Waals surface area contributed by atoms with Gasteiger partial charge in [0.1, 0.15) is 0 Å². The molecule has 0 amide bonds. The average molecular weight is 325 g/mol. The Hall–Kier alpha value is -1.40. The topological polar surface area (TPSA) is 63.0 Å². The summed E-state index contributed by atoms with van der Waals surface area (Å²) in [6.45, 7) is 7.59. The van der Waals surface area contributed by atoms with Crippen LogP contribution in [0.3, 0.4) is 0 Å². The van der Waals surface area contributed by atoms with Gasteiger partial charge in [-0.2, -0.15) is 0 Å². The number of aromatic nitrogens is 2. The van der Waals surface area contributed by atoms with Crippen LogP contribution in [-0.2, 0) is 6.54 Å². The number of hydrogen-bond donors (Lipinski definition) is 2. The number of nitrogens with zero attached hydrogens (tertiary/aromatic N) is 2. The molecule has 0 radical (unpaired) electrons. The highest BCUT2D eigenvalue weighted by molar-refractivity contribution is 9.10. The SMILES string of the molecule is CCNCc1nnc(Nc2cc(C)c(Br)c(C)c2)o1. The van der Waals surface area contributed by atoms with Gasteiger partial charge in [-0.15, -0.1) is 5.10 Å². The normalized spacial score (nSPS) is 10.7. The maximum Gasteiger partial charge on any atom is 0.320 e. The Morgan fingerprint density at radius 1 is 1.21 bits per heavy atom. The van der Waals surface area contributed by atoms with Gasteiger partial charge >= 0.3 is 6.01 Å². The Morgan fingerprint density at radius 2 is 1.89 bits per heavy atom. The molecule has 0 aliphatic heterocycles. The van der Waals surface area contributed by atoms with Gasteiger partial charge in [-0.3, -0.25) is 0 Å². The Morgan fingerprint density at radius 3 is 2.53 bits per heavy atom. The standard InChI is InChI=1S/C13H17BrN4O/c1-4-15-7-11-17-18-13(19-11)16-10-5-8(2)12(14)9(3)6-10/h5-6,15H,4,7H2,1-3H3,(H,16,18). The molecule has 1 aromatic carbocycles. The van der Waals surface area contributed by atoms with E-state index in [-0.39, 0.29) is 0 Å². The molecule has 19 heavy (non-hydrogen) atoms. The van der Waals surface area contributed by atoms with Crippen LogP contribution in [0.4, 0.5) is 11.7 Å². The van der Waals surface area contributed by atoms with Crippen molar-refractivity contribution in [2.75, 3.05) is 11.9 Å². The van der Waals surface area contributed by atoms with Gasteiger partial charge in [0.05, 0.1) is 6.54 Å². The summed E-state index contributed by atoms with van der Waals surface area (Å²) in [5, 5.41) is 14.2. The van der Waals surface area contributed by atoms with E-state index in [1.807, 2.05) is 32.9 Å². The largest absolute Gasteiger partial charge is 0.406 e. The van der Waals surface area contributed by atoms with Gasteiger partial charge in [0, 0.05) is 10.2 Å². The summed E-state index contributed by atoms with van der Waals surface area (Å²) in [5.74, 6) is 0.579. The summed E-state index contributed by atoms with van der Waals surface area (Å²) in [4.78, 5) is 0. The molecule has 0 atom stereocenters. The van der Waals surface area contributed by atoms with Crippen LogP contribution in [0.1, 0.15) is 23.9 Å². The first-order valence-electron chi connectivity index (χ1n) is 6.17. The smallest absolute Gasteiger partial charge is 0.320 e. The molecule has 0 saturated carbocycles. The van der Waals surface area contributed by atoms with Gasteiger partial charge in [0.15, 0.2) is 0 Å².